The maximum atomic E-state index is 13.0. The first-order valence-electron chi connectivity index (χ1n) is 9.56. The van der Waals surface area contributed by atoms with Crippen molar-refractivity contribution >= 4 is 41.8 Å². The van der Waals surface area contributed by atoms with Crippen molar-refractivity contribution in [1.82, 2.24) is 19.9 Å². The van der Waals surface area contributed by atoms with Crippen LogP contribution in [0.1, 0.15) is 62.0 Å². The molecule has 0 radical (unpaired) electrons. The maximum Gasteiger partial charge on any atom is 0.329 e. The minimum atomic E-state index is -0.592. The van der Waals surface area contributed by atoms with Gasteiger partial charge in [0.05, 0.1) is 10.9 Å². The van der Waals surface area contributed by atoms with Crippen LogP contribution in [0.3, 0.4) is 0 Å². The zero-order valence-corrected chi connectivity index (χ0v) is 18.5. The molecule has 1 fully saturated rings. The Morgan fingerprint density at radius 3 is 2.52 bits per heavy atom. The Morgan fingerprint density at radius 2 is 2.00 bits per heavy atom. The topological polar surface area (TPSA) is 123 Å². The number of nitrogens with one attached hydrogen (secondary N) is 2. The number of pyridine rings is 1. The van der Waals surface area contributed by atoms with Crippen LogP contribution < -0.4 is 22.3 Å². The standard InChI is InChI=1S/C19H27N5O3.2ClH/c1-4-7-24-16-15(18(26)23-19(24)27)12(8-13(21-16)10(2)3)17(25)22-14(9-20)11-5-6-11;;/h8,10-11,14H,4-7,9,20H2,1-3H3,(H,22,25)(H,23,26,27);2*1H. The van der Waals surface area contributed by atoms with Crippen LogP contribution in [-0.4, -0.2) is 33.0 Å². The van der Waals surface area contributed by atoms with E-state index in [9.17, 15) is 14.4 Å². The van der Waals surface area contributed by atoms with Gasteiger partial charge in [0.2, 0.25) is 0 Å². The number of aryl methyl sites for hydroxylation is 1. The van der Waals surface area contributed by atoms with Gasteiger partial charge in [-0.2, -0.15) is 0 Å². The van der Waals surface area contributed by atoms with Crippen molar-refractivity contribution in [2.45, 2.75) is 58.5 Å². The average Bonchev–Trinajstić information content (AvgIpc) is 3.46. The summed E-state index contributed by atoms with van der Waals surface area (Å²) in [5.74, 6) is 0.0891. The first kappa shape index (κ1) is 25.1. The van der Waals surface area contributed by atoms with Crippen LogP contribution in [-0.2, 0) is 6.54 Å². The smallest absolute Gasteiger partial charge is 0.329 e. The van der Waals surface area contributed by atoms with Crippen molar-refractivity contribution in [3.63, 3.8) is 0 Å². The van der Waals surface area contributed by atoms with Crippen molar-refractivity contribution in [2.24, 2.45) is 11.7 Å². The van der Waals surface area contributed by atoms with E-state index in [-0.39, 0.29) is 59.3 Å². The van der Waals surface area contributed by atoms with Gasteiger partial charge in [-0.15, -0.1) is 24.8 Å². The van der Waals surface area contributed by atoms with Crippen LogP contribution in [0.2, 0.25) is 0 Å². The lowest BCUT2D eigenvalue weighted by Crippen LogP contribution is -2.42. The molecular weight excluding hydrogens is 417 g/mol. The Morgan fingerprint density at radius 1 is 1.34 bits per heavy atom. The molecule has 4 N–H and O–H groups in total. The van der Waals surface area contributed by atoms with Gasteiger partial charge >= 0.3 is 5.69 Å². The number of nitrogens with two attached hydrogens (primary N) is 1. The number of aromatic nitrogens is 3. The zero-order valence-electron chi connectivity index (χ0n) is 16.9. The number of carbonyl (C=O) groups excluding carboxylic acids is 1. The number of aromatic amines is 1. The number of hydrogen-bond acceptors (Lipinski definition) is 5. The van der Waals surface area contributed by atoms with E-state index in [0.717, 1.165) is 12.8 Å². The van der Waals surface area contributed by atoms with Crippen LogP contribution in [0.25, 0.3) is 11.0 Å². The summed E-state index contributed by atoms with van der Waals surface area (Å²) in [4.78, 5) is 44.7. The molecule has 1 aliphatic rings. The van der Waals surface area contributed by atoms with E-state index >= 15 is 0 Å². The van der Waals surface area contributed by atoms with Gasteiger partial charge in [0.1, 0.15) is 0 Å². The van der Waals surface area contributed by atoms with E-state index < -0.39 is 11.2 Å². The van der Waals surface area contributed by atoms with E-state index in [4.69, 9.17) is 5.73 Å². The van der Waals surface area contributed by atoms with Crippen LogP contribution in [0, 0.1) is 5.92 Å². The third kappa shape index (κ3) is 5.18. The predicted octanol–water partition coefficient (Wildman–Crippen LogP) is 1.93. The molecule has 8 nitrogen and oxygen atoms in total. The van der Waals surface area contributed by atoms with Gasteiger partial charge < -0.3 is 11.1 Å². The molecule has 0 saturated heterocycles. The molecule has 3 rings (SSSR count). The summed E-state index contributed by atoms with van der Waals surface area (Å²) in [5, 5.41) is 3.11. The number of rotatable bonds is 7. The molecule has 1 aliphatic carbocycles. The number of halogens is 2. The summed E-state index contributed by atoms with van der Waals surface area (Å²) in [7, 11) is 0. The Balaban J connectivity index is 0.00000210. The fourth-order valence-corrected chi connectivity index (χ4v) is 3.31. The highest BCUT2D eigenvalue weighted by Gasteiger charge is 2.32. The highest BCUT2D eigenvalue weighted by molar-refractivity contribution is 6.05. The molecule has 10 heteroatoms. The average molecular weight is 446 g/mol. The molecule has 1 atom stereocenters. The van der Waals surface area contributed by atoms with Gasteiger partial charge in [-0.05, 0) is 37.2 Å². The van der Waals surface area contributed by atoms with E-state index in [2.05, 4.69) is 15.3 Å². The Bertz CT molecular complexity index is 982. The normalized spacial score (nSPS) is 14.2. The SMILES string of the molecule is CCCn1c(=O)[nH]c(=O)c2c(C(=O)NC(CN)C3CC3)cc(C(C)C)nc21.Cl.Cl. The van der Waals surface area contributed by atoms with E-state index in [1.54, 1.807) is 6.07 Å². The van der Waals surface area contributed by atoms with Crippen molar-refractivity contribution in [1.29, 1.82) is 0 Å². The van der Waals surface area contributed by atoms with Crippen LogP contribution >= 0.6 is 24.8 Å². The van der Waals surface area contributed by atoms with E-state index in [1.807, 2.05) is 20.8 Å². The molecule has 162 valence electrons. The largest absolute Gasteiger partial charge is 0.348 e. The third-order valence-electron chi connectivity index (χ3n) is 5.01. The first-order valence-corrected chi connectivity index (χ1v) is 9.56. The Labute approximate surface area is 181 Å². The Hall–Kier alpha value is -1.90. The summed E-state index contributed by atoms with van der Waals surface area (Å²) in [6.07, 6.45) is 2.80. The maximum absolute atomic E-state index is 13.0. The third-order valence-corrected chi connectivity index (χ3v) is 5.01. The molecular formula is C19H29Cl2N5O3. The van der Waals surface area contributed by atoms with Gasteiger partial charge in [0.25, 0.3) is 11.5 Å². The summed E-state index contributed by atoms with van der Waals surface area (Å²) in [6, 6.07) is 1.54. The molecule has 2 heterocycles. The van der Waals surface area contributed by atoms with Gasteiger partial charge in [-0.3, -0.25) is 19.1 Å². The second kappa shape index (κ2) is 10.2. The van der Waals surface area contributed by atoms with Crippen LogP contribution in [0.5, 0.6) is 0 Å². The van der Waals surface area contributed by atoms with E-state index in [1.165, 1.54) is 4.57 Å². The molecule has 0 spiro atoms. The molecule has 0 bridgehead atoms. The number of carbonyl (C=O) groups is 1. The number of fused-ring (bicyclic) bond motifs is 1. The number of H-pyrrole nitrogens is 1. The van der Waals surface area contributed by atoms with Crippen molar-refractivity contribution in [3.8, 4) is 0 Å². The molecule has 0 aliphatic heterocycles. The highest BCUT2D eigenvalue weighted by Crippen LogP contribution is 2.32. The van der Waals surface area contributed by atoms with Crippen LogP contribution in [0.15, 0.2) is 15.7 Å². The summed E-state index contributed by atoms with van der Waals surface area (Å²) in [5.41, 5.74) is 5.88. The quantitative estimate of drug-likeness (QED) is 0.600. The fourth-order valence-electron chi connectivity index (χ4n) is 3.31. The minimum Gasteiger partial charge on any atom is -0.348 e. The van der Waals surface area contributed by atoms with Crippen molar-refractivity contribution in [2.75, 3.05) is 6.54 Å². The lowest BCUT2D eigenvalue weighted by Gasteiger charge is -2.18. The molecule has 0 aromatic carbocycles. The van der Waals surface area contributed by atoms with Crippen molar-refractivity contribution in [3.05, 3.63) is 38.2 Å². The predicted molar refractivity (Wildman–Crippen MR) is 119 cm³/mol. The second-order valence-corrected chi connectivity index (χ2v) is 7.51. The molecule has 29 heavy (non-hydrogen) atoms. The van der Waals surface area contributed by atoms with Gasteiger partial charge in [-0.1, -0.05) is 20.8 Å². The number of nitrogens with zero attached hydrogens (tertiary/aromatic N) is 2. The molecule has 2 aromatic rings. The fraction of sp³-hybridized carbons (Fsp3) is 0.579. The van der Waals surface area contributed by atoms with Gasteiger partial charge in [0.15, 0.2) is 5.65 Å². The molecule has 1 unspecified atom stereocenters. The van der Waals surface area contributed by atoms with Gasteiger partial charge in [-0.25, -0.2) is 9.78 Å². The first-order chi connectivity index (χ1) is 12.9. The minimum absolute atomic E-state index is 0. The summed E-state index contributed by atoms with van der Waals surface area (Å²) in [6.45, 7) is 6.61. The lowest BCUT2D eigenvalue weighted by molar-refractivity contribution is 0.0935. The highest BCUT2D eigenvalue weighted by atomic mass is 35.5. The molecule has 1 amide bonds. The van der Waals surface area contributed by atoms with E-state index in [0.29, 0.717) is 31.1 Å². The monoisotopic (exact) mass is 445 g/mol. The number of amides is 1. The van der Waals surface area contributed by atoms with Gasteiger partial charge in [0, 0.05) is 24.8 Å². The Kier molecular flexibility index (Phi) is 8.86. The second-order valence-electron chi connectivity index (χ2n) is 7.51. The van der Waals surface area contributed by atoms with Crippen molar-refractivity contribution < 1.29 is 4.79 Å². The van der Waals surface area contributed by atoms with Crippen LogP contribution in [0.4, 0.5) is 0 Å². The molecule has 2 aromatic heterocycles. The summed E-state index contributed by atoms with van der Waals surface area (Å²) < 4.78 is 1.43. The number of hydrogen-bond donors (Lipinski definition) is 3. The molecule has 1 saturated carbocycles. The lowest BCUT2D eigenvalue weighted by atomic mass is 10.0. The zero-order chi connectivity index (χ0) is 19.7. The summed E-state index contributed by atoms with van der Waals surface area (Å²) >= 11 is 0.